The Morgan fingerprint density at radius 1 is 1.29 bits per heavy atom. The van der Waals surface area contributed by atoms with Crippen LogP contribution in [0.25, 0.3) is 0 Å². The van der Waals surface area contributed by atoms with Gasteiger partial charge in [-0.3, -0.25) is 9.52 Å². The first kappa shape index (κ1) is 15.6. The fourth-order valence-corrected chi connectivity index (χ4v) is 4.41. The molecular formula is C14H19NO5S. The molecule has 1 aliphatic carbocycles. The average Bonchev–Trinajstić information content (AvgIpc) is 2.96. The third-order valence-electron chi connectivity index (χ3n) is 3.68. The van der Waals surface area contributed by atoms with Crippen LogP contribution < -0.4 is 9.46 Å². The van der Waals surface area contributed by atoms with Gasteiger partial charge in [0.1, 0.15) is 5.75 Å². The Labute approximate surface area is 124 Å². The number of hydrogen-bond acceptors (Lipinski definition) is 5. The van der Waals surface area contributed by atoms with Crippen molar-refractivity contribution in [2.75, 3.05) is 18.9 Å². The Kier molecular flexibility index (Phi) is 4.72. The molecule has 1 aromatic carbocycles. The molecule has 2 atom stereocenters. The standard InChI is InChI=1S/C14H19NO5S/c1-19-11-6-3-5-10(9-11)15-21(17,18)13-8-4-7-12(13)14(16)20-2/h3,5-6,9,12-13,15H,4,7-8H2,1-2H3. The molecule has 116 valence electrons. The lowest BCUT2D eigenvalue weighted by molar-refractivity contribution is -0.145. The van der Waals surface area contributed by atoms with E-state index in [4.69, 9.17) is 9.47 Å². The molecule has 0 aromatic heterocycles. The Balaban J connectivity index is 2.19. The molecule has 1 aromatic rings. The second kappa shape index (κ2) is 6.34. The fraction of sp³-hybridized carbons (Fsp3) is 0.500. The summed E-state index contributed by atoms with van der Waals surface area (Å²) in [6.45, 7) is 0. The minimum atomic E-state index is -3.65. The molecule has 21 heavy (non-hydrogen) atoms. The molecule has 0 aliphatic heterocycles. The number of anilines is 1. The zero-order chi connectivity index (χ0) is 15.5. The van der Waals surface area contributed by atoms with Gasteiger partial charge in [0.2, 0.25) is 10.0 Å². The van der Waals surface area contributed by atoms with Gasteiger partial charge in [0, 0.05) is 6.07 Å². The van der Waals surface area contributed by atoms with E-state index in [0.717, 1.165) is 0 Å². The molecule has 0 heterocycles. The quantitative estimate of drug-likeness (QED) is 0.838. The first-order chi connectivity index (χ1) is 9.97. The van der Waals surface area contributed by atoms with Gasteiger partial charge in [-0.05, 0) is 25.0 Å². The number of nitrogens with one attached hydrogen (secondary N) is 1. The van der Waals surface area contributed by atoms with E-state index < -0.39 is 27.2 Å². The van der Waals surface area contributed by atoms with E-state index in [-0.39, 0.29) is 0 Å². The lowest BCUT2D eigenvalue weighted by Crippen LogP contribution is -2.35. The number of hydrogen-bond donors (Lipinski definition) is 1. The number of carbonyl (C=O) groups excluding carboxylic acids is 1. The summed E-state index contributed by atoms with van der Waals surface area (Å²) in [5, 5.41) is -0.754. The molecule has 7 heteroatoms. The van der Waals surface area contributed by atoms with Gasteiger partial charge in [0.25, 0.3) is 0 Å². The number of esters is 1. The van der Waals surface area contributed by atoms with Crippen molar-refractivity contribution in [3.05, 3.63) is 24.3 Å². The summed E-state index contributed by atoms with van der Waals surface area (Å²) in [5.41, 5.74) is 0.421. The van der Waals surface area contributed by atoms with Crippen LogP contribution in [0.5, 0.6) is 5.75 Å². The maximum atomic E-state index is 12.5. The minimum Gasteiger partial charge on any atom is -0.497 e. The Morgan fingerprint density at radius 2 is 2.05 bits per heavy atom. The molecule has 2 unspecified atom stereocenters. The van der Waals surface area contributed by atoms with Gasteiger partial charge < -0.3 is 9.47 Å². The predicted octanol–water partition coefficient (Wildman–Crippen LogP) is 1.78. The van der Waals surface area contributed by atoms with Crippen LogP contribution in [-0.2, 0) is 19.6 Å². The first-order valence-corrected chi connectivity index (χ1v) is 8.26. The van der Waals surface area contributed by atoms with Crippen molar-refractivity contribution in [2.45, 2.75) is 24.5 Å². The summed E-state index contributed by atoms with van der Waals surface area (Å²) in [4.78, 5) is 11.7. The minimum absolute atomic E-state index is 0.421. The number of benzene rings is 1. The Bertz CT molecular complexity index is 614. The third kappa shape index (κ3) is 3.47. The number of methoxy groups -OCH3 is 2. The lowest BCUT2D eigenvalue weighted by atomic mass is 10.1. The maximum absolute atomic E-state index is 12.5. The highest BCUT2D eigenvalue weighted by molar-refractivity contribution is 7.93. The zero-order valence-corrected chi connectivity index (χ0v) is 12.9. The summed E-state index contributed by atoms with van der Waals surface area (Å²) in [6, 6.07) is 6.66. The van der Waals surface area contributed by atoms with Crippen molar-refractivity contribution in [2.24, 2.45) is 5.92 Å². The van der Waals surface area contributed by atoms with Gasteiger partial charge in [0.05, 0.1) is 31.1 Å². The maximum Gasteiger partial charge on any atom is 0.310 e. The number of sulfonamides is 1. The van der Waals surface area contributed by atoms with Crippen molar-refractivity contribution >= 4 is 21.7 Å². The molecule has 1 N–H and O–H groups in total. The number of ether oxygens (including phenoxy) is 2. The van der Waals surface area contributed by atoms with Gasteiger partial charge in [-0.2, -0.15) is 0 Å². The van der Waals surface area contributed by atoms with Crippen LogP contribution in [0.1, 0.15) is 19.3 Å². The van der Waals surface area contributed by atoms with Crippen LogP contribution in [-0.4, -0.2) is 33.9 Å². The summed E-state index contributed by atoms with van der Waals surface area (Å²) in [6.07, 6.45) is 1.69. The highest BCUT2D eigenvalue weighted by atomic mass is 32.2. The van der Waals surface area contributed by atoms with Gasteiger partial charge in [-0.15, -0.1) is 0 Å². The molecular weight excluding hydrogens is 294 g/mol. The molecule has 0 saturated heterocycles. The third-order valence-corrected chi connectivity index (χ3v) is 5.57. The Hall–Kier alpha value is -1.76. The molecule has 0 radical (unpaired) electrons. The van der Waals surface area contributed by atoms with Crippen LogP contribution in [0.3, 0.4) is 0 Å². The summed E-state index contributed by atoms with van der Waals surface area (Å²) in [5.74, 6) is -0.502. The smallest absolute Gasteiger partial charge is 0.310 e. The van der Waals surface area contributed by atoms with Crippen molar-refractivity contribution in [1.82, 2.24) is 0 Å². The van der Waals surface area contributed by atoms with E-state index in [9.17, 15) is 13.2 Å². The molecule has 1 fully saturated rings. The van der Waals surface area contributed by atoms with Crippen LogP contribution in [0.2, 0.25) is 0 Å². The fourth-order valence-electron chi connectivity index (χ4n) is 2.64. The monoisotopic (exact) mass is 313 g/mol. The molecule has 0 amide bonds. The number of carbonyl (C=O) groups is 1. The highest BCUT2D eigenvalue weighted by Crippen LogP contribution is 2.33. The topological polar surface area (TPSA) is 81.7 Å². The SMILES string of the molecule is COC(=O)C1CCCC1S(=O)(=O)Nc1cccc(OC)c1. The van der Waals surface area contributed by atoms with E-state index in [1.807, 2.05) is 0 Å². The first-order valence-electron chi connectivity index (χ1n) is 6.71. The van der Waals surface area contributed by atoms with Gasteiger partial charge in [-0.25, -0.2) is 8.42 Å². The summed E-state index contributed by atoms with van der Waals surface area (Å²) in [7, 11) is -0.859. The molecule has 2 rings (SSSR count). The molecule has 0 spiro atoms. The second-order valence-electron chi connectivity index (χ2n) is 4.98. The average molecular weight is 313 g/mol. The van der Waals surface area contributed by atoms with Crippen LogP contribution >= 0.6 is 0 Å². The molecule has 0 bridgehead atoms. The van der Waals surface area contributed by atoms with E-state index in [1.54, 1.807) is 24.3 Å². The van der Waals surface area contributed by atoms with E-state index >= 15 is 0 Å². The zero-order valence-electron chi connectivity index (χ0n) is 12.0. The molecule has 1 aliphatic rings. The van der Waals surface area contributed by atoms with E-state index in [2.05, 4.69) is 4.72 Å². The Morgan fingerprint density at radius 3 is 2.71 bits per heavy atom. The normalized spacial score (nSPS) is 21.8. The van der Waals surface area contributed by atoms with E-state index in [1.165, 1.54) is 14.2 Å². The molecule has 6 nitrogen and oxygen atoms in total. The van der Waals surface area contributed by atoms with Crippen molar-refractivity contribution in [3.63, 3.8) is 0 Å². The number of rotatable bonds is 5. The van der Waals surface area contributed by atoms with Gasteiger partial charge >= 0.3 is 5.97 Å². The molecule has 1 saturated carbocycles. The van der Waals surface area contributed by atoms with Gasteiger partial charge in [-0.1, -0.05) is 12.5 Å². The van der Waals surface area contributed by atoms with Crippen molar-refractivity contribution in [3.8, 4) is 5.75 Å². The van der Waals surface area contributed by atoms with Crippen molar-refractivity contribution in [1.29, 1.82) is 0 Å². The van der Waals surface area contributed by atoms with Crippen LogP contribution in [0.4, 0.5) is 5.69 Å². The second-order valence-corrected chi connectivity index (χ2v) is 6.88. The van der Waals surface area contributed by atoms with Crippen LogP contribution in [0.15, 0.2) is 24.3 Å². The van der Waals surface area contributed by atoms with E-state index in [0.29, 0.717) is 30.7 Å². The van der Waals surface area contributed by atoms with Crippen LogP contribution in [0, 0.1) is 5.92 Å². The summed E-state index contributed by atoms with van der Waals surface area (Å²) < 4.78 is 37.2. The highest BCUT2D eigenvalue weighted by Gasteiger charge is 2.42. The van der Waals surface area contributed by atoms with Crippen molar-refractivity contribution < 1.29 is 22.7 Å². The predicted molar refractivity (Wildman–Crippen MR) is 78.7 cm³/mol. The van der Waals surface area contributed by atoms with Gasteiger partial charge in [0.15, 0.2) is 0 Å². The largest absolute Gasteiger partial charge is 0.497 e. The summed E-state index contributed by atoms with van der Waals surface area (Å²) >= 11 is 0. The lowest BCUT2D eigenvalue weighted by Gasteiger charge is -2.19.